The number of halogens is 1. The summed E-state index contributed by atoms with van der Waals surface area (Å²) in [4.78, 5) is 27.2. The zero-order valence-corrected chi connectivity index (χ0v) is 14.7. The molecule has 1 aliphatic heterocycles. The monoisotopic (exact) mass is 347 g/mol. The van der Waals surface area contributed by atoms with Crippen molar-refractivity contribution < 1.29 is 14.0 Å². The largest absolute Gasteiger partial charge is 0.340 e. The summed E-state index contributed by atoms with van der Waals surface area (Å²) in [6, 6.07) is 5.29. The molecule has 1 heterocycles. The first-order chi connectivity index (χ1) is 11.9. The van der Waals surface area contributed by atoms with E-state index in [1.807, 2.05) is 18.7 Å². The molecule has 1 aliphatic carbocycles. The first-order valence-electron chi connectivity index (χ1n) is 8.98. The summed E-state index contributed by atoms with van der Waals surface area (Å²) >= 11 is 0. The highest BCUT2D eigenvalue weighted by molar-refractivity contribution is 5.97. The Labute approximate surface area is 147 Å². The van der Waals surface area contributed by atoms with Crippen molar-refractivity contribution in [3.8, 4) is 0 Å². The van der Waals surface area contributed by atoms with Gasteiger partial charge in [-0.1, -0.05) is 26.0 Å². The molecule has 136 valence electrons. The van der Waals surface area contributed by atoms with Gasteiger partial charge in [0.1, 0.15) is 11.9 Å². The number of hydrogen-bond donors (Lipinski definition) is 2. The van der Waals surface area contributed by atoms with Gasteiger partial charge in [-0.25, -0.2) is 4.39 Å². The van der Waals surface area contributed by atoms with Gasteiger partial charge < -0.3 is 16.0 Å². The van der Waals surface area contributed by atoms with Crippen molar-refractivity contribution >= 4 is 11.8 Å². The number of fused-ring (bicyclic) bond motifs is 1. The van der Waals surface area contributed by atoms with E-state index in [0.717, 1.165) is 12.8 Å². The second kappa shape index (κ2) is 7.12. The maximum Gasteiger partial charge on any atom is 0.254 e. The standard InChI is InChI=1S/C19H26FN3O2/c1-11(2)17(22-18(24)13-5-3-4-6-15(13)20)19(25)23-9-12-7-8-16(21)14(12)10-23/h3-6,11-12,14,16-17H,7-10,21H2,1-2H3,(H,22,24). The summed E-state index contributed by atoms with van der Waals surface area (Å²) < 4.78 is 13.8. The van der Waals surface area contributed by atoms with Gasteiger partial charge in [-0.15, -0.1) is 0 Å². The minimum atomic E-state index is -0.665. The minimum absolute atomic E-state index is 0.0405. The third kappa shape index (κ3) is 3.54. The Balaban J connectivity index is 1.70. The van der Waals surface area contributed by atoms with Crippen LogP contribution in [0.3, 0.4) is 0 Å². The van der Waals surface area contributed by atoms with Crippen LogP contribution in [0.5, 0.6) is 0 Å². The number of carbonyl (C=O) groups is 2. The second-order valence-electron chi connectivity index (χ2n) is 7.58. The highest BCUT2D eigenvalue weighted by atomic mass is 19.1. The van der Waals surface area contributed by atoms with Gasteiger partial charge in [0.25, 0.3) is 5.91 Å². The van der Waals surface area contributed by atoms with Crippen LogP contribution in [-0.4, -0.2) is 41.9 Å². The molecule has 4 atom stereocenters. The van der Waals surface area contributed by atoms with Crippen LogP contribution in [0, 0.1) is 23.6 Å². The van der Waals surface area contributed by atoms with E-state index in [1.54, 1.807) is 6.07 Å². The molecule has 2 fully saturated rings. The average Bonchev–Trinajstić information content (AvgIpc) is 3.14. The van der Waals surface area contributed by atoms with Gasteiger partial charge in [0.05, 0.1) is 5.56 Å². The molecule has 1 saturated heterocycles. The van der Waals surface area contributed by atoms with Crippen LogP contribution in [0.4, 0.5) is 4.39 Å². The van der Waals surface area contributed by atoms with E-state index in [4.69, 9.17) is 5.73 Å². The van der Waals surface area contributed by atoms with E-state index >= 15 is 0 Å². The molecule has 1 aromatic carbocycles. The summed E-state index contributed by atoms with van der Waals surface area (Å²) in [5, 5.41) is 2.73. The van der Waals surface area contributed by atoms with Gasteiger partial charge in [-0.05, 0) is 42.7 Å². The van der Waals surface area contributed by atoms with Crippen LogP contribution >= 0.6 is 0 Å². The van der Waals surface area contributed by atoms with Crippen LogP contribution in [0.15, 0.2) is 24.3 Å². The summed E-state index contributed by atoms with van der Waals surface area (Å²) in [7, 11) is 0. The number of nitrogens with two attached hydrogens (primary N) is 1. The highest BCUT2D eigenvalue weighted by Gasteiger charge is 2.44. The quantitative estimate of drug-likeness (QED) is 0.872. The van der Waals surface area contributed by atoms with Crippen LogP contribution in [-0.2, 0) is 4.79 Å². The number of hydrogen-bond acceptors (Lipinski definition) is 3. The van der Waals surface area contributed by atoms with Gasteiger partial charge in [-0.2, -0.15) is 0 Å². The molecule has 6 heteroatoms. The lowest BCUT2D eigenvalue weighted by Gasteiger charge is -2.28. The molecule has 0 spiro atoms. The smallest absolute Gasteiger partial charge is 0.254 e. The van der Waals surface area contributed by atoms with Crippen LogP contribution in [0.2, 0.25) is 0 Å². The zero-order valence-electron chi connectivity index (χ0n) is 14.7. The van der Waals surface area contributed by atoms with Gasteiger partial charge in [0.15, 0.2) is 0 Å². The lowest BCUT2D eigenvalue weighted by Crippen LogP contribution is -2.51. The molecule has 0 aromatic heterocycles. The van der Waals surface area contributed by atoms with E-state index in [2.05, 4.69) is 5.32 Å². The second-order valence-corrected chi connectivity index (χ2v) is 7.58. The van der Waals surface area contributed by atoms with Crippen LogP contribution < -0.4 is 11.1 Å². The molecule has 0 bridgehead atoms. The van der Waals surface area contributed by atoms with Gasteiger partial charge in [0.2, 0.25) is 5.91 Å². The molecule has 2 aliphatic rings. The number of likely N-dealkylation sites (tertiary alicyclic amines) is 1. The van der Waals surface area contributed by atoms with Crippen molar-refractivity contribution in [3.63, 3.8) is 0 Å². The number of nitrogens with one attached hydrogen (secondary N) is 1. The fourth-order valence-corrected chi connectivity index (χ4v) is 4.06. The van der Waals surface area contributed by atoms with E-state index in [-0.39, 0.29) is 23.4 Å². The number of benzene rings is 1. The number of nitrogens with zero attached hydrogens (tertiary/aromatic N) is 1. The molecule has 1 saturated carbocycles. The Hall–Kier alpha value is -1.95. The SMILES string of the molecule is CC(C)C(NC(=O)c1ccccc1F)C(=O)N1CC2CCC(N)C2C1. The maximum atomic E-state index is 13.8. The molecule has 0 radical (unpaired) electrons. The van der Waals surface area contributed by atoms with Crippen molar-refractivity contribution in [2.24, 2.45) is 23.5 Å². The van der Waals surface area contributed by atoms with E-state index in [1.165, 1.54) is 18.2 Å². The number of amides is 2. The molecule has 4 unspecified atom stereocenters. The third-order valence-corrected chi connectivity index (χ3v) is 5.56. The zero-order chi connectivity index (χ0) is 18.1. The topological polar surface area (TPSA) is 75.4 Å². The van der Waals surface area contributed by atoms with E-state index < -0.39 is 17.8 Å². The Morgan fingerprint density at radius 3 is 2.60 bits per heavy atom. The van der Waals surface area contributed by atoms with Crippen molar-refractivity contribution in [1.29, 1.82) is 0 Å². The summed E-state index contributed by atoms with van der Waals surface area (Å²) in [5.41, 5.74) is 6.10. The maximum absolute atomic E-state index is 13.8. The van der Waals surface area contributed by atoms with Crippen LogP contribution in [0.1, 0.15) is 37.0 Å². The van der Waals surface area contributed by atoms with Crippen molar-refractivity contribution in [3.05, 3.63) is 35.6 Å². The Morgan fingerprint density at radius 2 is 1.96 bits per heavy atom. The highest BCUT2D eigenvalue weighted by Crippen LogP contribution is 2.37. The fourth-order valence-electron chi connectivity index (χ4n) is 4.06. The third-order valence-electron chi connectivity index (χ3n) is 5.56. The Morgan fingerprint density at radius 1 is 1.24 bits per heavy atom. The molecule has 5 nitrogen and oxygen atoms in total. The number of rotatable bonds is 4. The van der Waals surface area contributed by atoms with Crippen molar-refractivity contribution in [1.82, 2.24) is 10.2 Å². The van der Waals surface area contributed by atoms with Gasteiger partial charge >= 0.3 is 0 Å². The normalized spacial score (nSPS) is 26.6. The predicted octanol–water partition coefficient (Wildman–Crippen LogP) is 1.78. The predicted molar refractivity (Wildman–Crippen MR) is 93.3 cm³/mol. The first kappa shape index (κ1) is 17.9. The lowest BCUT2D eigenvalue weighted by molar-refractivity contribution is -0.133. The molecular formula is C19H26FN3O2. The van der Waals surface area contributed by atoms with E-state index in [9.17, 15) is 14.0 Å². The lowest BCUT2D eigenvalue weighted by atomic mass is 9.98. The van der Waals surface area contributed by atoms with E-state index in [0.29, 0.717) is 24.9 Å². The van der Waals surface area contributed by atoms with Crippen LogP contribution in [0.25, 0.3) is 0 Å². The fraction of sp³-hybridized carbons (Fsp3) is 0.579. The summed E-state index contributed by atoms with van der Waals surface area (Å²) in [6.45, 7) is 5.12. The molecule has 3 rings (SSSR count). The Bertz CT molecular complexity index is 664. The first-order valence-corrected chi connectivity index (χ1v) is 8.98. The molecule has 2 amide bonds. The molecular weight excluding hydrogens is 321 g/mol. The van der Waals surface area contributed by atoms with Gasteiger partial charge in [0, 0.05) is 19.1 Å². The minimum Gasteiger partial charge on any atom is -0.340 e. The summed E-state index contributed by atoms with van der Waals surface area (Å²) in [5.74, 6) is -0.496. The van der Waals surface area contributed by atoms with Crippen molar-refractivity contribution in [2.45, 2.75) is 38.8 Å². The Kier molecular flexibility index (Phi) is 5.08. The number of carbonyl (C=O) groups excluding carboxylic acids is 2. The molecule has 3 N–H and O–H groups in total. The van der Waals surface area contributed by atoms with Crippen molar-refractivity contribution in [2.75, 3.05) is 13.1 Å². The molecule has 25 heavy (non-hydrogen) atoms. The average molecular weight is 347 g/mol. The van der Waals surface area contributed by atoms with Gasteiger partial charge in [-0.3, -0.25) is 9.59 Å². The molecule has 1 aromatic rings. The summed E-state index contributed by atoms with van der Waals surface area (Å²) in [6.07, 6.45) is 2.08.